The number of aliphatic imine (C=N–C) groups is 1. The lowest BCUT2D eigenvalue weighted by Gasteiger charge is -2.31. The molecule has 1 fully saturated rings. The number of morpholine rings is 1. The van der Waals surface area contributed by atoms with E-state index in [9.17, 15) is 0 Å². The van der Waals surface area contributed by atoms with E-state index in [1.54, 1.807) is 0 Å². The molecule has 1 atom stereocenters. The summed E-state index contributed by atoms with van der Waals surface area (Å²) in [4.78, 5) is 6.27. The zero-order chi connectivity index (χ0) is 9.68. The predicted octanol–water partition coefficient (Wildman–Crippen LogP) is -1.02. The molecule has 5 nitrogen and oxygen atoms in total. The summed E-state index contributed by atoms with van der Waals surface area (Å²) in [6, 6.07) is 0. The summed E-state index contributed by atoms with van der Waals surface area (Å²) in [5, 5.41) is 0. The summed E-state index contributed by atoms with van der Waals surface area (Å²) in [5.74, 6) is 0.136. The number of likely N-dealkylation sites (N-methyl/N-ethyl adjacent to an activating group) is 1. The Kier molecular flexibility index (Phi) is 3.98. The minimum atomic E-state index is 0.136. The molecule has 0 aromatic carbocycles. The fourth-order valence-corrected chi connectivity index (χ4v) is 1.39. The maximum absolute atomic E-state index is 5.50. The van der Waals surface area contributed by atoms with Gasteiger partial charge in [0.15, 0.2) is 5.96 Å². The van der Waals surface area contributed by atoms with Crippen LogP contribution in [0.2, 0.25) is 0 Å². The Balaban J connectivity index is 2.30. The topological polar surface area (TPSA) is 76.9 Å². The van der Waals surface area contributed by atoms with E-state index in [0.29, 0.717) is 6.54 Å². The molecule has 0 aromatic rings. The molecule has 13 heavy (non-hydrogen) atoms. The Bertz CT molecular complexity index is 179. The van der Waals surface area contributed by atoms with Gasteiger partial charge in [0.1, 0.15) is 0 Å². The number of hydrogen-bond acceptors (Lipinski definition) is 3. The lowest BCUT2D eigenvalue weighted by atomic mass is 10.3. The monoisotopic (exact) mass is 186 g/mol. The molecule has 0 radical (unpaired) electrons. The molecule has 0 saturated carbocycles. The van der Waals surface area contributed by atoms with Crippen molar-refractivity contribution in [3.63, 3.8) is 0 Å². The molecule has 0 amide bonds. The van der Waals surface area contributed by atoms with Crippen LogP contribution in [0.4, 0.5) is 0 Å². The van der Waals surface area contributed by atoms with Crippen molar-refractivity contribution in [3.8, 4) is 0 Å². The number of hydrogen-bond donors (Lipinski definition) is 2. The molecule has 0 aromatic heterocycles. The number of ether oxygens (including phenoxy) is 1. The first-order valence-electron chi connectivity index (χ1n) is 4.61. The number of nitrogens with two attached hydrogens (primary N) is 2. The van der Waals surface area contributed by atoms with Gasteiger partial charge in [-0.1, -0.05) is 6.92 Å². The lowest BCUT2D eigenvalue weighted by Crippen LogP contribution is -2.43. The van der Waals surface area contributed by atoms with Crippen LogP contribution in [0.3, 0.4) is 0 Å². The van der Waals surface area contributed by atoms with E-state index in [1.165, 1.54) is 0 Å². The Morgan fingerprint density at radius 2 is 2.38 bits per heavy atom. The second kappa shape index (κ2) is 5.04. The Morgan fingerprint density at radius 3 is 3.00 bits per heavy atom. The molecular weight excluding hydrogens is 168 g/mol. The zero-order valence-corrected chi connectivity index (χ0v) is 8.07. The van der Waals surface area contributed by atoms with Gasteiger partial charge >= 0.3 is 0 Å². The van der Waals surface area contributed by atoms with Crippen molar-refractivity contribution in [3.05, 3.63) is 0 Å². The molecule has 1 aliphatic rings. The normalized spacial score (nSPS) is 24.2. The molecule has 4 N–H and O–H groups in total. The van der Waals surface area contributed by atoms with E-state index >= 15 is 0 Å². The summed E-state index contributed by atoms with van der Waals surface area (Å²) in [6.07, 6.45) is 0.149. The maximum atomic E-state index is 5.50. The first-order valence-corrected chi connectivity index (χ1v) is 4.61. The van der Waals surface area contributed by atoms with E-state index in [2.05, 4.69) is 16.8 Å². The van der Waals surface area contributed by atoms with Gasteiger partial charge in [-0.05, 0) is 6.54 Å². The Labute approximate surface area is 78.7 Å². The molecule has 0 aliphatic carbocycles. The van der Waals surface area contributed by atoms with Crippen LogP contribution in [-0.4, -0.2) is 49.7 Å². The van der Waals surface area contributed by atoms with E-state index < -0.39 is 0 Å². The Morgan fingerprint density at radius 1 is 1.62 bits per heavy atom. The van der Waals surface area contributed by atoms with Crippen LogP contribution in [0.25, 0.3) is 0 Å². The van der Waals surface area contributed by atoms with Crippen molar-refractivity contribution in [2.24, 2.45) is 16.5 Å². The van der Waals surface area contributed by atoms with Gasteiger partial charge in [-0.15, -0.1) is 0 Å². The maximum Gasteiger partial charge on any atom is 0.185 e. The van der Waals surface area contributed by atoms with Gasteiger partial charge in [0.25, 0.3) is 0 Å². The van der Waals surface area contributed by atoms with Gasteiger partial charge < -0.3 is 16.2 Å². The molecule has 5 heteroatoms. The van der Waals surface area contributed by atoms with Crippen molar-refractivity contribution in [2.45, 2.75) is 13.0 Å². The summed E-state index contributed by atoms with van der Waals surface area (Å²) in [5.41, 5.74) is 10.5. The van der Waals surface area contributed by atoms with E-state index in [-0.39, 0.29) is 12.1 Å². The van der Waals surface area contributed by atoms with Gasteiger partial charge in [0.2, 0.25) is 0 Å². The summed E-state index contributed by atoms with van der Waals surface area (Å²) < 4.78 is 5.50. The lowest BCUT2D eigenvalue weighted by molar-refractivity contribution is -0.0209. The van der Waals surface area contributed by atoms with Crippen LogP contribution < -0.4 is 11.5 Å². The standard InChI is InChI=1S/C8H18N4O/c1-2-12-3-4-13-7(6-12)5-11-8(9)10/h7H,2-6H2,1H3,(H4,9,10,11). The summed E-state index contributed by atoms with van der Waals surface area (Å²) in [6.45, 7) is 6.48. The first-order chi connectivity index (χ1) is 6.22. The van der Waals surface area contributed by atoms with Crippen molar-refractivity contribution in [2.75, 3.05) is 32.8 Å². The molecule has 1 aliphatic heterocycles. The average molecular weight is 186 g/mol. The minimum Gasteiger partial charge on any atom is -0.374 e. The predicted molar refractivity (Wildman–Crippen MR) is 52.5 cm³/mol. The number of nitrogens with zero attached hydrogens (tertiary/aromatic N) is 2. The summed E-state index contributed by atoms with van der Waals surface area (Å²) >= 11 is 0. The molecule has 76 valence electrons. The fourth-order valence-electron chi connectivity index (χ4n) is 1.39. The van der Waals surface area contributed by atoms with Gasteiger partial charge in [-0.25, -0.2) is 0 Å². The molecule has 0 spiro atoms. The molecule has 1 unspecified atom stereocenters. The molecular formula is C8H18N4O. The van der Waals surface area contributed by atoms with Crippen molar-refractivity contribution >= 4 is 5.96 Å². The van der Waals surface area contributed by atoms with E-state index in [0.717, 1.165) is 26.2 Å². The highest BCUT2D eigenvalue weighted by Gasteiger charge is 2.18. The van der Waals surface area contributed by atoms with Crippen molar-refractivity contribution in [1.29, 1.82) is 0 Å². The van der Waals surface area contributed by atoms with Crippen molar-refractivity contribution in [1.82, 2.24) is 4.90 Å². The summed E-state index contributed by atoms with van der Waals surface area (Å²) in [7, 11) is 0. The number of rotatable bonds is 3. The van der Waals surface area contributed by atoms with Crippen LogP contribution in [0.15, 0.2) is 4.99 Å². The van der Waals surface area contributed by atoms with Gasteiger partial charge in [0.05, 0.1) is 19.3 Å². The molecule has 1 rings (SSSR count). The molecule has 0 bridgehead atoms. The fraction of sp³-hybridized carbons (Fsp3) is 0.875. The SMILES string of the molecule is CCN1CCOC(CN=C(N)N)C1. The van der Waals surface area contributed by atoms with Gasteiger partial charge in [0, 0.05) is 13.1 Å². The Hall–Kier alpha value is -0.810. The average Bonchev–Trinajstić information content (AvgIpc) is 2.15. The van der Waals surface area contributed by atoms with Gasteiger partial charge in [-0.2, -0.15) is 0 Å². The highest BCUT2D eigenvalue weighted by molar-refractivity contribution is 5.75. The third-order valence-corrected chi connectivity index (χ3v) is 2.15. The zero-order valence-electron chi connectivity index (χ0n) is 8.07. The first kappa shape index (κ1) is 10.3. The highest BCUT2D eigenvalue weighted by atomic mass is 16.5. The van der Waals surface area contributed by atoms with E-state index in [1.807, 2.05) is 0 Å². The third kappa shape index (κ3) is 3.61. The van der Waals surface area contributed by atoms with Crippen LogP contribution in [0, 0.1) is 0 Å². The third-order valence-electron chi connectivity index (χ3n) is 2.15. The van der Waals surface area contributed by atoms with Crippen LogP contribution in [0.5, 0.6) is 0 Å². The second-order valence-electron chi connectivity index (χ2n) is 3.15. The highest BCUT2D eigenvalue weighted by Crippen LogP contribution is 2.04. The second-order valence-corrected chi connectivity index (χ2v) is 3.15. The van der Waals surface area contributed by atoms with Gasteiger partial charge in [-0.3, -0.25) is 9.89 Å². The quantitative estimate of drug-likeness (QED) is 0.437. The van der Waals surface area contributed by atoms with Crippen LogP contribution >= 0.6 is 0 Å². The molecule has 1 heterocycles. The van der Waals surface area contributed by atoms with Crippen LogP contribution in [-0.2, 0) is 4.74 Å². The number of guanidine groups is 1. The smallest absolute Gasteiger partial charge is 0.185 e. The van der Waals surface area contributed by atoms with E-state index in [4.69, 9.17) is 16.2 Å². The van der Waals surface area contributed by atoms with Crippen molar-refractivity contribution < 1.29 is 4.74 Å². The molecule has 1 saturated heterocycles. The van der Waals surface area contributed by atoms with Crippen LogP contribution in [0.1, 0.15) is 6.92 Å². The minimum absolute atomic E-state index is 0.136. The largest absolute Gasteiger partial charge is 0.374 e.